The summed E-state index contributed by atoms with van der Waals surface area (Å²) in [5.41, 5.74) is 0.374. The van der Waals surface area contributed by atoms with E-state index < -0.39 is 10.0 Å². The highest BCUT2D eigenvalue weighted by molar-refractivity contribution is 7.92. The van der Waals surface area contributed by atoms with Crippen LogP contribution in [0.3, 0.4) is 0 Å². The minimum Gasteiger partial charge on any atom is -0.497 e. The number of hydrogen-bond donors (Lipinski definition) is 2. The monoisotopic (exact) mass is 365 g/mol. The summed E-state index contributed by atoms with van der Waals surface area (Å²) in [7, 11) is -0.894. The van der Waals surface area contributed by atoms with E-state index in [1.807, 2.05) is 0 Å². The number of nitrogens with zero attached hydrogens (tertiary/aromatic N) is 1. The molecule has 0 aliphatic carbocycles. The molecular formula is C17H23N3O4S. The Hall–Kier alpha value is -2.48. The molecule has 0 radical (unpaired) electrons. The minimum atomic E-state index is -3.81. The molecule has 25 heavy (non-hydrogen) atoms. The summed E-state index contributed by atoms with van der Waals surface area (Å²) >= 11 is 0. The highest BCUT2D eigenvalue weighted by Crippen LogP contribution is 2.29. The van der Waals surface area contributed by atoms with Gasteiger partial charge in [0.1, 0.15) is 22.2 Å². The number of rotatable bonds is 9. The first-order valence-electron chi connectivity index (χ1n) is 7.95. The van der Waals surface area contributed by atoms with E-state index in [0.29, 0.717) is 17.3 Å². The number of benzene rings is 1. The van der Waals surface area contributed by atoms with Crippen molar-refractivity contribution in [3.63, 3.8) is 0 Å². The van der Waals surface area contributed by atoms with Crippen molar-refractivity contribution >= 4 is 21.5 Å². The highest BCUT2D eigenvalue weighted by Gasteiger charge is 2.20. The fourth-order valence-electron chi connectivity index (χ4n) is 2.16. The second-order valence-electron chi connectivity index (χ2n) is 5.33. The summed E-state index contributed by atoms with van der Waals surface area (Å²) in [6.07, 6.45) is 3.61. The van der Waals surface area contributed by atoms with Gasteiger partial charge < -0.3 is 14.8 Å². The molecule has 7 nitrogen and oxygen atoms in total. The van der Waals surface area contributed by atoms with Crippen molar-refractivity contribution in [1.29, 1.82) is 0 Å². The number of unbranched alkanes of at least 4 members (excludes halogenated alkanes) is 1. The summed E-state index contributed by atoms with van der Waals surface area (Å²) in [4.78, 5) is 4.24. The minimum absolute atomic E-state index is 0.0287. The predicted molar refractivity (Wildman–Crippen MR) is 98.0 cm³/mol. The van der Waals surface area contributed by atoms with Gasteiger partial charge in [0.25, 0.3) is 10.0 Å². The van der Waals surface area contributed by atoms with Crippen LogP contribution in [-0.4, -0.2) is 34.2 Å². The van der Waals surface area contributed by atoms with Crippen molar-refractivity contribution < 1.29 is 17.9 Å². The van der Waals surface area contributed by atoms with Gasteiger partial charge in [-0.2, -0.15) is 0 Å². The zero-order valence-corrected chi connectivity index (χ0v) is 15.4. The number of pyridine rings is 1. The SMILES string of the molecule is CCCCNc1ccc(NS(=O)(=O)c2ccc(OC)cc2OC)cn1. The maximum Gasteiger partial charge on any atom is 0.265 e. The topological polar surface area (TPSA) is 89.5 Å². The lowest BCUT2D eigenvalue weighted by Gasteiger charge is -2.13. The molecule has 1 heterocycles. The van der Waals surface area contributed by atoms with Crippen LogP contribution in [0, 0.1) is 0 Å². The van der Waals surface area contributed by atoms with Crippen LogP contribution in [0.4, 0.5) is 11.5 Å². The Morgan fingerprint density at radius 2 is 1.92 bits per heavy atom. The lowest BCUT2D eigenvalue weighted by Crippen LogP contribution is -2.14. The Kier molecular flexibility index (Phi) is 6.46. The van der Waals surface area contributed by atoms with Gasteiger partial charge in [0.2, 0.25) is 0 Å². The normalized spacial score (nSPS) is 11.0. The fraction of sp³-hybridized carbons (Fsp3) is 0.353. The third-order valence-electron chi connectivity index (χ3n) is 3.51. The number of ether oxygens (including phenoxy) is 2. The van der Waals surface area contributed by atoms with E-state index in [2.05, 4.69) is 21.9 Å². The lowest BCUT2D eigenvalue weighted by molar-refractivity contribution is 0.386. The van der Waals surface area contributed by atoms with E-state index >= 15 is 0 Å². The summed E-state index contributed by atoms with van der Waals surface area (Å²) in [6, 6.07) is 7.92. The van der Waals surface area contributed by atoms with Gasteiger partial charge in [-0.3, -0.25) is 4.72 Å². The van der Waals surface area contributed by atoms with E-state index in [-0.39, 0.29) is 10.6 Å². The fourth-order valence-corrected chi connectivity index (χ4v) is 3.35. The van der Waals surface area contributed by atoms with Crippen molar-refractivity contribution in [3.8, 4) is 11.5 Å². The van der Waals surface area contributed by atoms with E-state index in [9.17, 15) is 8.42 Å². The van der Waals surface area contributed by atoms with Gasteiger partial charge in [0.05, 0.1) is 26.1 Å². The predicted octanol–water partition coefficient (Wildman–Crippen LogP) is 3.11. The molecule has 1 aromatic heterocycles. The Balaban J connectivity index is 2.16. The first-order chi connectivity index (χ1) is 12.0. The van der Waals surface area contributed by atoms with Crippen LogP contribution in [0.1, 0.15) is 19.8 Å². The number of anilines is 2. The molecule has 0 unspecified atom stereocenters. The summed E-state index contributed by atoms with van der Waals surface area (Å²) in [6.45, 7) is 2.94. The van der Waals surface area contributed by atoms with E-state index in [4.69, 9.17) is 9.47 Å². The number of sulfonamides is 1. The van der Waals surface area contributed by atoms with Crippen LogP contribution in [0.5, 0.6) is 11.5 Å². The Labute approximate surface area is 148 Å². The van der Waals surface area contributed by atoms with Crippen LogP contribution in [0.25, 0.3) is 0 Å². The van der Waals surface area contributed by atoms with Crippen molar-refractivity contribution in [2.75, 3.05) is 30.8 Å². The average Bonchev–Trinajstić information content (AvgIpc) is 2.62. The first-order valence-corrected chi connectivity index (χ1v) is 9.43. The lowest BCUT2D eigenvalue weighted by atomic mass is 10.3. The summed E-state index contributed by atoms with van der Waals surface area (Å²) < 4.78 is 38.0. The van der Waals surface area contributed by atoms with Crippen LogP contribution in [-0.2, 0) is 10.0 Å². The van der Waals surface area contributed by atoms with E-state index in [1.165, 1.54) is 32.5 Å². The van der Waals surface area contributed by atoms with E-state index in [1.54, 1.807) is 18.2 Å². The molecule has 0 saturated carbocycles. The first kappa shape index (κ1) is 18.9. The van der Waals surface area contributed by atoms with Gasteiger partial charge in [-0.15, -0.1) is 0 Å². The molecule has 136 valence electrons. The van der Waals surface area contributed by atoms with Crippen molar-refractivity contribution in [2.45, 2.75) is 24.7 Å². The molecular weight excluding hydrogens is 342 g/mol. The quantitative estimate of drug-likeness (QED) is 0.664. The van der Waals surface area contributed by atoms with Crippen LogP contribution in [0.2, 0.25) is 0 Å². The molecule has 0 saturated heterocycles. The number of aromatic nitrogens is 1. The zero-order chi connectivity index (χ0) is 18.3. The molecule has 2 N–H and O–H groups in total. The molecule has 2 aromatic rings. The van der Waals surface area contributed by atoms with Crippen molar-refractivity contribution in [1.82, 2.24) is 4.98 Å². The second-order valence-corrected chi connectivity index (χ2v) is 6.99. The molecule has 2 rings (SSSR count). The molecule has 0 bridgehead atoms. The summed E-state index contributed by atoms with van der Waals surface area (Å²) in [5, 5.41) is 3.18. The molecule has 0 aliphatic rings. The van der Waals surface area contributed by atoms with Crippen LogP contribution >= 0.6 is 0 Å². The van der Waals surface area contributed by atoms with Crippen molar-refractivity contribution in [3.05, 3.63) is 36.5 Å². The number of nitrogens with one attached hydrogen (secondary N) is 2. The second kappa shape index (κ2) is 8.57. The van der Waals surface area contributed by atoms with Crippen LogP contribution in [0.15, 0.2) is 41.4 Å². The van der Waals surface area contributed by atoms with Gasteiger partial charge >= 0.3 is 0 Å². The third kappa shape index (κ3) is 4.99. The molecule has 0 fully saturated rings. The van der Waals surface area contributed by atoms with Crippen LogP contribution < -0.4 is 19.5 Å². The molecule has 8 heteroatoms. The van der Waals surface area contributed by atoms with Gasteiger partial charge in [-0.25, -0.2) is 13.4 Å². The van der Waals surface area contributed by atoms with Gasteiger partial charge in [0, 0.05) is 12.6 Å². The molecule has 0 atom stereocenters. The Bertz CT molecular complexity index is 792. The van der Waals surface area contributed by atoms with Gasteiger partial charge in [0.15, 0.2) is 0 Å². The maximum atomic E-state index is 12.6. The summed E-state index contributed by atoms with van der Waals surface area (Å²) in [5.74, 6) is 1.43. The standard InChI is InChI=1S/C17H23N3O4S/c1-4-5-10-18-17-9-6-13(12-19-17)20-25(21,22)16-8-7-14(23-2)11-15(16)24-3/h6-9,11-12,20H,4-5,10H2,1-3H3,(H,18,19). The average molecular weight is 365 g/mol. The molecule has 0 spiro atoms. The van der Waals surface area contributed by atoms with Gasteiger partial charge in [-0.05, 0) is 30.7 Å². The van der Waals surface area contributed by atoms with Crippen molar-refractivity contribution in [2.24, 2.45) is 0 Å². The Morgan fingerprint density at radius 3 is 2.52 bits per heavy atom. The molecule has 0 amide bonds. The van der Waals surface area contributed by atoms with E-state index in [0.717, 1.165) is 19.4 Å². The highest BCUT2D eigenvalue weighted by atomic mass is 32.2. The molecule has 0 aliphatic heterocycles. The van der Waals surface area contributed by atoms with Gasteiger partial charge in [-0.1, -0.05) is 13.3 Å². The zero-order valence-electron chi connectivity index (χ0n) is 14.6. The number of methoxy groups -OCH3 is 2. The maximum absolute atomic E-state index is 12.6. The smallest absolute Gasteiger partial charge is 0.265 e. The largest absolute Gasteiger partial charge is 0.497 e. The third-order valence-corrected chi connectivity index (χ3v) is 4.93. The number of hydrogen-bond acceptors (Lipinski definition) is 6. The Morgan fingerprint density at radius 1 is 1.12 bits per heavy atom. The molecule has 1 aromatic carbocycles.